The summed E-state index contributed by atoms with van der Waals surface area (Å²) >= 11 is 0. The predicted octanol–water partition coefficient (Wildman–Crippen LogP) is 4.30. The van der Waals surface area contributed by atoms with Crippen molar-refractivity contribution in [2.75, 3.05) is 14.2 Å². The second kappa shape index (κ2) is 8.75. The predicted molar refractivity (Wildman–Crippen MR) is 117 cm³/mol. The highest BCUT2D eigenvalue weighted by atomic mass is 16.5. The van der Waals surface area contributed by atoms with E-state index < -0.39 is 0 Å². The minimum atomic E-state index is -0.137. The Morgan fingerprint density at radius 3 is 2.33 bits per heavy atom. The maximum atomic E-state index is 9.15. The first kappa shape index (κ1) is 19.6. The lowest BCUT2D eigenvalue weighted by atomic mass is 9.84. The maximum absolute atomic E-state index is 9.15. The van der Waals surface area contributed by atoms with Crippen LogP contribution in [-0.4, -0.2) is 20.2 Å². The van der Waals surface area contributed by atoms with Crippen molar-refractivity contribution < 1.29 is 9.47 Å². The molecule has 1 aliphatic carbocycles. The molecule has 0 fully saturated rings. The first-order valence-electron chi connectivity index (χ1n) is 9.93. The van der Waals surface area contributed by atoms with E-state index in [0.717, 1.165) is 47.6 Å². The van der Waals surface area contributed by atoms with Crippen LogP contribution in [-0.2, 0) is 0 Å². The number of rotatable bonds is 4. The second-order valence-electron chi connectivity index (χ2n) is 7.21. The van der Waals surface area contributed by atoms with Crippen LogP contribution in [0.15, 0.2) is 70.4 Å². The van der Waals surface area contributed by atoms with Gasteiger partial charge in [-0.15, -0.1) is 0 Å². The van der Waals surface area contributed by atoms with E-state index in [9.17, 15) is 0 Å². The number of allylic oxidation sites excluding steroid dienone is 1. The zero-order valence-corrected chi connectivity index (χ0v) is 17.1. The summed E-state index contributed by atoms with van der Waals surface area (Å²) in [5, 5.41) is 15.2. The highest BCUT2D eigenvalue weighted by Crippen LogP contribution is 2.40. The van der Waals surface area contributed by atoms with Gasteiger partial charge in [0.1, 0.15) is 17.5 Å². The fourth-order valence-corrected chi connectivity index (χ4v) is 3.94. The van der Waals surface area contributed by atoms with E-state index in [1.54, 1.807) is 14.2 Å². The van der Waals surface area contributed by atoms with E-state index in [1.807, 2.05) is 54.7 Å². The van der Waals surface area contributed by atoms with E-state index in [2.05, 4.69) is 16.7 Å². The van der Waals surface area contributed by atoms with Crippen molar-refractivity contribution in [3.8, 4) is 17.7 Å². The van der Waals surface area contributed by atoms with Crippen LogP contribution in [0, 0.1) is 11.5 Å². The largest absolute Gasteiger partial charge is 0.497 e. The Morgan fingerprint density at radius 2 is 1.70 bits per heavy atom. The van der Waals surface area contributed by atoms with E-state index in [0.29, 0.717) is 5.96 Å². The maximum Gasteiger partial charge on any atom is 0.210 e. The zero-order chi connectivity index (χ0) is 20.9. The highest BCUT2D eigenvalue weighted by Gasteiger charge is 2.29. The van der Waals surface area contributed by atoms with Crippen molar-refractivity contribution >= 4 is 12.0 Å². The molecule has 2 aliphatic rings. The van der Waals surface area contributed by atoms with Crippen molar-refractivity contribution in [2.45, 2.75) is 25.3 Å². The summed E-state index contributed by atoms with van der Waals surface area (Å²) in [6, 6.07) is 15.8. The lowest BCUT2D eigenvalue weighted by molar-refractivity contribution is 0.414. The van der Waals surface area contributed by atoms with Gasteiger partial charge in [-0.1, -0.05) is 24.3 Å². The van der Waals surface area contributed by atoms with Gasteiger partial charge in [-0.2, -0.15) is 5.26 Å². The molecule has 2 aromatic rings. The van der Waals surface area contributed by atoms with E-state index in [4.69, 9.17) is 19.7 Å². The van der Waals surface area contributed by atoms with Gasteiger partial charge >= 0.3 is 0 Å². The van der Waals surface area contributed by atoms with Crippen LogP contribution in [0.5, 0.6) is 11.5 Å². The zero-order valence-electron chi connectivity index (χ0n) is 17.1. The number of benzene rings is 2. The van der Waals surface area contributed by atoms with Crippen LogP contribution in [0.25, 0.3) is 6.08 Å². The quantitative estimate of drug-likeness (QED) is 0.591. The van der Waals surface area contributed by atoms with Crippen molar-refractivity contribution in [3.05, 3.63) is 76.5 Å². The Balaban J connectivity index is 1.73. The van der Waals surface area contributed by atoms with Crippen LogP contribution in [0.2, 0.25) is 0 Å². The molecule has 0 spiro atoms. The molecule has 30 heavy (non-hydrogen) atoms. The summed E-state index contributed by atoms with van der Waals surface area (Å²) in [4.78, 5) is 4.78. The summed E-state index contributed by atoms with van der Waals surface area (Å²) < 4.78 is 10.5. The molecule has 0 bridgehead atoms. The van der Waals surface area contributed by atoms with Gasteiger partial charge in [0, 0.05) is 5.70 Å². The summed E-state index contributed by atoms with van der Waals surface area (Å²) in [6.07, 6.45) is 7.16. The number of nitriles is 1. The summed E-state index contributed by atoms with van der Waals surface area (Å²) in [6.45, 7) is 0. The number of hydrogen-bond donors (Lipinski definition) is 2. The number of ether oxygens (including phenoxy) is 2. The standard InChI is InChI=1S/C24H24N4O2/c1-29-19-10-6-16(7-11-19)14-18-4-3-5-21-22(17-8-12-20(30-2)13-9-17)27-24(26-15-25)28-23(18)21/h6-14,22H,3-5H2,1-2H3,(H2,26,27,28). The molecule has 6 nitrogen and oxygen atoms in total. The Kier molecular flexibility index (Phi) is 5.71. The molecule has 6 heteroatoms. The molecule has 0 saturated heterocycles. The molecule has 1 unspecified atom stereocenters. The summed E-state index contributed by atoms with van der Waals surface area (Å²) in [5.41, 5.74) is 5.71. The normalized spacial score (nSPS) is 19.3. The average Bonchev–Trinajstić information content (AvgIpc) is 2.80. The van der Waals surface area contributed by atoms with Crippen molar-refractivity contribution in [2.24, 2.45) is 4.99 Å². The van der Waals surface area contributed by atoms with Gasteiger partial charge in [-0.05, 0) is 71.9 Å². The fourth-order valence-electron chi connectivity index (χ4n) is 3.94. The third-order valence-corrected chi connectivity index (χ3v) is 5.43. The average molecular weight is 400 g/mol. The first-order valence-corrected chi connectivity index (χ1v) is 9.93. The summed E-state index contributed by atoms with van der Waals surface area (Å²) in [5.74, 6) is 2.12. The Bertz CT molecular complexity index is 1040. The van der Waals surface area contributed by atoms with Crippen LogP contribution in [0.1, 0.15) is 36.4 Å². The number of guanidine groups is 1. The van der Waals surface area contributed by atoms with E-state index >= 15 is 0 Å². The molecule has 1 atom stereocenters. The fraction of sp³-hybridized carbons (Fsp3) is 0.250. The molecule has 0 amide bonds. The van der Waals surface area contributed by atoms with Crippen molar-refractivity contribution in [1.29, 1.82) is 5.26 Å². The van der Waals surface area contributed by atoms with Crippen LogP contribution >= 0.6 is 0 Å². The minimum absolute atomic E-state index is 0.137. The third-order valence-electron chi connectivity index (χ3n) is 5.43. The van der Waals surface area contributed by atoms with E-state index in [1.165, 1.54) is 11.1 Å². The number of aliphatic imine (C=N–C) groups is 1. The van der Waals surface area contributed by atoms with Gasteiger partial charge < -0.3 is 14.8 Å². The molecule has 1 heterocycles. The van der Waals surface area contributed by atoms with Gasteiger partial charge in [0.2, 0.25) is 5.96 Å². The molecule has 0 saturated carbocycles. The van der Waals surface area contributed by atoms with Gasteiger partial charge in [0.15, 0.2) is 6.19 Å². The number of methoxy groups -OCH3 is 2. The van der Waals surface area contributed by atoms with Gasteiger partial charge in [0.25, 0.3) is 0 Å². The van der Waals surface area contributed by atoms with Crippen LogP contribution in [0.3, 0.4) is 0 Å². The molecule has 1 aliphatic heterocycles. The van der Waals surface area contributed by atoms with E-state index in [-0.39, 0.29) is 6.04 Å². The van der Waals surface area contributed by atoms with Crippen LogP contribution < -0.4 is 20.1 Å². The van der Waals surface area contributed by atoms with Crippen molar-refractivity contribution in [3.63, 3.8) is 0 Å². The molecule has 2 aromatic carbocycles. The van der Waals surface area contributed by atoms with Gasteiger partial charge in [-0.25, -0.2) is 4.99 Å². The highest BCUT2D eigenvalue weighted by molar-refractivity contribution is 5.86. The lowest BCUT2D eigenvalue weighted by Gasteiger charge is -2.32. The molecule has 152 valence electrons. The molecular formula is C24H24N4O2. The minimum Gasteiger partial charge on any atom is -0.497 e. The van der Waals surface area contributed by atoms with Crippen LogP contribution in [0.4, 0.5) is 0 Å². The molecule has 0 radical (unpaired) electrons. The number of nitrogens with zero attached hydrogens (tertiary/aromatic N) is 2. The monoisotopic (exact) mass is 400 g/mol. The van der Waals surface area contributed by atoms with Gasteiger partial charge in [0.05, 0.1) is 14.2 Å². The molecular weight excluding hydrogens is 376 g/mol. The third kappa shape index (κ3) is 4.01. The Labute approximate surface area is 176 Å². The second-order valence-corrected chi connectivity index (χ2v) is 7.21. The lowest BCUT2D eigenvalue weighted by Crippen LogP contribution is -2.39. The number of nitrogens with one attached hydrogen (secondary N) is 2. The smallest absolute Gasteiger partial charge is 0.210 e. The Morgan fingerprint density at radius 1 is 1.03 bits per heavy atom. The SMILES string of the molecule is COc1ccc(C=C2CCCC3=C2NC(NC#N)=NC3c2ccc(OC)cc2)cc1. The molecule has 4 rings (SSSR count). The molecule has 2 N–H and O–H groups in total. The van der Waals surface area contributed by atoms with Gasteiger partial charge in [-0.3, -0.25) is 5.32 Å². The first-order chi connectivity index (χ1) is 14.7. The van der Waals surface area contributed by atoms with Crippen molar-refractivity contribution in [1.82, 2.24) is 10.6 Å². The topological polar surface area (TPSA) is 78.7 Å². The Hall–Kier alpha value is -3.72. The molecule has 0 aromatic heterocycles. The summed E-state index contributed by atoms with van der Waals surface area (Å²) in [7, 11) is 3.32. The number of hydrogen-bond acceptors (Lipinski definition) is 6.